The second kappa shape index (κ2) is 5.50. The van der Waals surface area contributed by atoms with Crippen LogP contribution in [0.25, 0.3) is 0 Å². The topological polar surface area (TPSA) is 50.8 Å². The lowest BCUT2D eigenvalue weighted by Crippen LogP contribution is -2.48. The van der Waals surface area contributed by atoms with E-state index in [1.807, 2.05) is 25.8 Å². The molecule has 1 heterocycles. The van der Waals surface area contributed by atoms with Gasteiger partial charge in [0.1, 0.15) is 5.60 Å². The Bertz CT molecular complexity index is 238. The molecule has 1 atom stereocenters. The van der Waals surface area contributed by atoms with E-state index in [1.165, 1.54) is 0 Å². The molecule has 0 saturated carbocycles. The van der Waals surface area contributed by atoms with Gasteiger partial charge >= 0.3 is 6.09 Å². The Labute approximate surface area is 97.1 Å². The zero-order valence-electron chi connectivity index (χ0n) is 10.6. The van der Waals surface area contributed by atoms with Gasteiger partial charge in [0.2, 0.25) is 0 Å². The Hall–Kier alpha value is -0.810. The van der Waals surface area contributed by atoms with E-state index in [1.54, 1.807) is 7.11 Å². The first-order valence-electron chi connectivity index (χ1n) is 5.67. The number of hydrogen-bond donors (Lipinski definition) is 1. The monoisotopic (exact) mass is 230 g/mol. The van der Waals surface area contributed by atoms with Crippen LogP contribution >= 0.6 is 0 Å². The van der Waals surface area contributed by atoms with Crippen LogP contribution in [0, 0.1) is 0 Å². The van der Waals surface area contributed by atoms with E-state index in [0.29, 0.717) is 6.61 Å². The average Bonchev–Trinajstić information content (AvgIpc) is 2.50. The summed E-state index contributed by atoms with van der Waals surface area (Å²) in [6.07, 6.45) is 1.73. The lowest BCUT2D eigenvalue weighted by molar-refractivity contribution is 0.0225. The molecule has 0 aliphatic carbocycles. The van der Waals surface area contributed by atoms with Crippen molar-refractivity contribution in [2.45, 2.75) is 45.3 Å². The van der Waals surface area contributed by atoms with Crippen molar-refractivity contribution < 1.29 is 14.3 Å². The van der Waals surface area contributed by atoms with Crippen LogP contribution in [-0.2, 0) is 9.47 Å². The van der Waals surface area contributed by atoms with Gasteiger partial charge in [-0.2, -0.15) is 0 Å². The van der Waals surface area contributed by atoms with E-state index < -0.39 is 11.7 Å². The second-order valence-electron chi connectivity index (χ2n) is 5.06. The van der Waals surface area contributed by atoms with Crippen molar-refractivity contribution in [1.29, 1.82) is 0 Å². The van der Waals surface area contributed by atoms with Gasteiger partial charge in [0.25, 0.3) is 0 Å². The minimum atomic E-state index is -0.458. The predicted molar refractivity (Wildman–Crippen MR) is 61.0 cm³/mol. The SMILES string of the molecule is COC[C@H]1CCCN1NC(=O)OC(C)(C)C. The van der Waals surface area contributed by atoms with Crippen LogP contribution in [0.3, 0.4) is 0 Å². The van der Waals surface area contributed by atoms with Crippen molar-refractivity contribution in [3.05, 3.63) is 0 Å². The highest BCUT2D eigenvalue weighted by molar-refractivity contribution is 5.67. The van der Waals surface area contributed by atoms with E-state index in [-0.39, 0.29) is 6.04 Å². The highest BCUT2D eigenvalue weighted by Gasteiger charge is 2.27. The Kier molecular flexibility index (Phi) is 4.56. The summed E-state index contributed by atoms with van der Waals surface area (Å²) in [5, 5.41) is 1.90. The van der Waals surface area contributed by atoms with Crippen molar-refractivity contribution in [3.8, 4) is 0 Å². The predicted octanol–water partition coefficient (Wildman–Crippen LogP) is 1.54. The molecule has 1 saturated heterocycles. The maximum atomic E-state index is 11.5. The Balaban J connectivity index is 2.38. The average molecular weight is 230 g/mol. The number of methoxy groups -OCH3 is 1. The maximum absolute atomic E-state index is 11.5. The molecule has 0 aromatic carbocycles. The van der Waals surface area contributed by atoms with Gasteiger partial charge in [-0.25, -0.2) is 9.80 Å². The number of rotatable bonds is 3. The second-order valence-corrected chi connectivity index (χ2v) is 5.06. The standard InChI is InChI=1S/C11H22N2O3/c1-11(2,3)16-10(14)12-13-7-5-6-9(13)8-15-4/h9H,5-8H2,1-4H3,(H,12,14)/t9-/m1/s1. The smallest absolute Gasteiger partial charge is 0.422 e. The molecule has 16 heavy (non-hydrogen) atoms. The van der Waals surface area contributed by atoms with Gasteiger partial charge in [-0.3, -0.25) is 5.43 Å². The quantitative estimate of drug-likeness (QED) is 0.799. The highest BCUT2D eigenvalue weighted by Crippen LogP contribution is 2.15. The number of carbonyl (C=O) groups excluding carboxylic acids is 1. The number of nitrogens with one attached hydrogen (secondary N) is 1. The molecule has 0 unspecified atom stereocenters. The molecule has 5 heteroatoms. The van der Waals surface area contributed by atoms with Crippen LogP contribution in [0.1, 0.15) is 33.6 Å². The summed E-state index contributed by atoms with van der Waals surface area (Å²) in [4.78, 5) is 11.5. The van der Waals surface area contributed by atoms with Crippen molar-refractivity contribution in [2.24, 2.45) is 0 Å². The summed E-state index contributed by atoms with van der Waals surface area (Å²) >= 11 is 0. The van der Waals surface area contributed by atoms with E-state index in [9.17, 15) is 4.79 Å². The van der Waals surface area contributed by atoms with Crippen molar-refractivity contribution in [1.82, 2.24) is 10.4 Å². The van der Waals surface area contributed by atoms with Crippen LogP contribution in [0.5, 0.6) is 0 Å². The summed E-state index contributed by atoms with van der Waals surface area (Å²) in [7, 11) is 1.67. The summed E-state index contributed by atoms with van der Waals surface area (Å²) in [5.74, 6) is 0. The number of carbonyl (C=O) groups is 1. The van der Waals surface area contributed by atoms with Gasteiger partial charge in [-0.15, -0.1) is 0 Å². The zero-order valence-corrected chi connectivity index (χ0v) is 10.6. The molecule has 1 rings (SSSR count). The Morgan fingerprint density at radius 1 is 1.50 bits per heavy atom. The van der Waals surface area contributed by atoms with E-state index in [4.69, 9.17) is 9.47 Å². The molecule has 0 aromatic heterocycles. The van der Waals surface area contributed by atoms with Crippen LogP contribution in [0.4, 0.5) is 4.79 Å². The van der Waals surface area contributed by atoms with Gasteiger partial charge in [0.15, 0.2) is 0 Å². The summed E-state index contributed by atoms with van der Waals surface area (Å²) in [6.45, 7) is 7.04. The number of nitrogens with zero attached hydrogens (tertiary/aromatic N) is 1. The van der Waals surface area contributed by atoms with Crippen molar-refractivity contribution in [2.75, 3.05) is 20.3 Å². The fraction of sp³-hybridized carbons (Fsp3) is 0.909. The zero-order chi connectivity index (χ0) is 12.2. The van der Waals surface area contributed by atoms with E-state index in [2.05, 4.69) is 5.43 Å². The molecule has 0 bridgehead atoms. The third-order valence-electron chi connectivity index (χ3n) is 2.37. The van der Waals surface area contributed by atoms with Crippen molar-refractivity contribution >= 4 is 6.09 Å². The fourth-order valence-corrected chi connectivity index (χ4v) is 1.77. The molecule has 1 N–H and O–H groups in total. The minimum absolute atomic E-state index is 0.262. The molecule has 1 aliphatic heterocycles. The normalized spacial score (nSPS) is 22.1. The molecule has 0 radical (unpaired) electrons. The first-order chi connectivity index (χ1) is 7.42. The van der Waals surface area contributed by atoms with Gasteiger partial charge in [-0.1, -0.05) is 0 Å². The molecule has 1 aliphatic rings. The molecule has 5 nitrogen and oxygen atoms in total. The van der Waals surface area contributed by atoms with Crippen LogP contribution < -0.4 is 5.43 Å². The summed E-state index contributed by atoms with van der Waals surface area (Å²) < 4.78 is 10.3. The highest BCUT2D eigenvalue weighted by atomic mass is 16.6. The third kappa shape index (κ3) is 4.37. The van der Waals surface area contributed by atoms with Gasteiger partial charge in [0.05, 0.1) is 12.6 Å². The van der Waals surface area contributed by atoms with Gasteiger partial charge in [-0.05, 0) is 33.6 Å². The Morgan fingerprint density at radius 3 is 2.75 bits per heavy atom. The molecule has 0 spiro atoms. The van der Waals surface area contributed by atoms with E-state index >= 15 is 0 Å². The third-order valence-corrected chi connectivity index (χ3v) is 2.37. The summed E-state index contributed by atoms with van der Waals surface area (Å²) in [6, 6.07) is 0.262. The fourth-order valence-electron chi connectivity index (χ4n) is 1.77. The lowest BCUT2D eigenvalue weighted by Gasteiger charge is -2.26. The van der Waals surface area contributed by atoms with E-state index in [0.717, 1.165) is 19.4 Å². The summed E-state index contributed by atoms with van der Waals surface area (Å²) in [5.41, 5.74) is 2.30. The van der Waals surface area contributed by atoms with Crippen LogP contribution in [0.2, 0.25) is 0 Å². The van der Waals surface area contributed by atoms with Crippen LogP contribution in [-0.4, -0.2) is 43.0 Å². The number of ether oxygens (including phenoxy) is 2. The molecule has 0 aromatic rings. The molecular weight excluding hydrogens is 208 g/mol. The number of hydrazine groups is 1. The maximum Gasteiger partial charge on any atom is 0.422 e. The van der Waals surface area contributed by atoms with Gasteiger partial charge < -0.3 is 9.47 Å². The number of hydrogen-bond acceptors (Lipinski definition) is 4. The van der Waals surface area contributed by atoms with Gasteiger partial charge in [0, 0.05) is 13.7 Å². The largest absolute Gasteiger partial charge is 0.443 e. The lowest BCUT2D eigenvalue weighted by atomic mass is 10.2. The van der Waals surface area contributed by atoms with Crippen LogP contribution in [0.15, 0.2) is 0 Å². The minimum Gasteiger partial charge on any atom is -0.443 e. The van der Waals surface area contributed by atoms with Crippen molar-refractivity contribution in [3.63, 3.8) is 0 Å². The molecule has 1 fully saturated rings. The number of amides is 1. The first kappa shape index (κ1) is 13.3. The Morgan fingerprint density at radius 2 is 2.19 bits per heavy atom. The molecular formula is C11H22N2O3. The first-order valence-corrected chi connectivity index (χ1v) is 5.67. The molecule has 94 valence electrons. The molecule has 1 amide bonds.